The van der Waals surface area contributed by atoms with E-state index in [0.29, 0.717) is 0 Å². The minimum Gasteiger partial charge on any atom is -0.0683 e. The van der Waals surface area contributed by atoms with Crippen molar-refractivity contribution in [3.05, 3.63) is 109 Å². The molecule has 26 heavy (non-hydrogen) atoms. The van der Waals surface area contributed by atoms with Crippen LogP contribution in [-0.2, 0) is 0 Å². The van der Waals surface area contributed by atoms with Crippen molar-refractivity contribution >= 4 is 0 Å². The van der Waals surface area contributed by atoms with Gasteiger partial charge in [0.1, 0.15) is 0 Å². The summed E-state index contributed by atoms with van der Waals surface area (Å²) in [4.78, 5) is 0. The molecule has 0 aliphatic heterocycles. The van der Waals surface area contributed by atoms with Crippen LogP contribution in [0.2, 0.25) is 0 Å². The molecule has 0 aliphatic rings. The van der Waals surface area contributed by atoms with Crippen molar-refractivity contribution in [1.82, 2.24) is 0 Å². The number of rotatable bonds is 3. The third kappa shape index (κ3) is 3.92. The maximum Gasteiger partial charge on any atom is -0.00992 e. The van der Waals surface area contributed by atoms with Crippen LogP contribution in [0.25, 0.3) is 33.4 Å². The van der Waals surface area contributed by atoms with Gasteiger partial charge in [-0.3, -0.25) is 0 Å². The first-order valence-corrected chi connectivity index (χ1v) is 9.22. The predicted octanol–water partition coefficient (Wildman–Crippen LogP) is 7.71. The molecule has 0 bridgehead atoms. The summed E-state index contributed by atoms with van der Waals surface area (Å²) in [5.74, 6) is 0. The lowest BCUT2D eigenvalue weighted by Crippen LogP contribution is -1.87. The molecule has 4 rings (SSSR count). The number of benzene rings is 4. The Morgan fingerprint density at radius 2 is 0.769 bits per heavy atom. The predicted molar refractivity (Wildman–Crippen MR) is 114 cm³/mol. The number of hydrogen-bond donors (Lipinski definition) is 0. The molecule has 0 aromatic heterocycles. The van der Waals surface area contributed by atoms with Gasteiger partial charge >= 0.3 is 0 Å². The molecule has 4 aromatic carbocycles. The zero-order valence-electron chi connectivity index (χ0n) is 15.4. The largest absolute Gasteiger partial charge is 0.0683 e. The zero-order valence-corrected chi connectivity index (χ0v) is 15.4. The Morgan fingerprint density at radius 3 is 1.27 bits per heavy atom. The molecule has 0 fully saturated rings. The van der Waals surface area contributed by atoms with Gasteiger partial charge in [-0.05, 0) is 39.4 Å². The normalized spacial score (nSPS) is 9.92. The Kier molecular flexibility index (Phi) is 6.01. The van der Waals surface area contributed by atoms with Crippen molar-refractivity contribution in [2.75, 3.05) is 0 Å². The van der Waals surface area contributed by atoms with Gasteiger partial charge in [-0.2, -0.15) is 0 Å². The molecule has 0 spiro atoms. The molecular weight excluding hydrogens is 312 g/mol. The van der Waals surface area contributed by atoms with Gasteiger partial charge in [0.25, 0.3) is 0 Å². The molecule has 0 nitrogen and oxygen atoms in total. The molecule has 0 aliphatic carbocycles. The molecule has 0 heteroatoms. The van der Waals surface area contributed by atoms with Crippen LogP contribution in [-0.4, -0.2) is 0 Å². The third-order valence-corrected chi connectivity index (χ3v) is 4.30. The summed E-state index contributed by atoms with van der Waals surface area (Å²) < 4.78 is 0. The summed E-state index contributed by atoms with van der Waals surface area (Å²) in [7, 11) is 0. The molecule has 0 unspecified atom stereocenters. The Balaban J connectivity index is 0.000000948. The van der Waals surface area contributed by atoms with Crippen LogP contribution < -0.4 is 0 Å². The summed E-state index contributed by atoms with van der Waals surface area (Å²) in [5, 5.41) is 0. The summed E-state index contributed by atoms with van der Waals surface area (Å²) in [6.07, 6.45) is 0. The monoisotopic (exact) mass is 336 g/mol. The lowest BCUT2D eigenvalue weighted by Gasteiger charge is -2.13. The van der Waals surface area contributed by atoms with Gasteiger partial charge in [0.2, 0.25) is 0 Å². The molecule has 0 radical (unpaired) electrons. The summed E-state index contributed by atoms with van der Waals surface area (Å²) in [5.41, 5.74) is 7.51. The van der Waals surface area contributed by atoms with E-state index in [1.165, 1.54) is 33.4 Å². The first-order chi connectivity index (χ1) is 12.9. The topological polar surface area (TPSA) is 0 Å². The van der Waals surface area contributed by atoms with Crippen LogP contribution in [0.4, 0.5) is 0 Å². The summed E-state index contributed by atoms with van der Waals surface area (Å²) in [6, 6.07) is 38.5. The molecule has 0 amide bonds. The fourth-order valence-electron chi connectivity index (χ4n) is 3.08. The van der Waals surface area contributed by atoms with Crippen LogP contribution in [0.5, 0.6) is 0 Å². The van der Waals surface area contributed by atoms with Crippen LogP contribution in [0.1, 0.15) is 13.8 Å². The SMILES string of the molecule is CC.c1ccc(-c2ccc(-c3ccccc3)c(-c3ccccc3)c2)cc1. The van der Waals surface area contributed by atoms with Crippen LogP contribution in [0.3, 0.4) is 0 Å². The van der Waals surface area contributed by atoms with E-state index in [-0.39, 0.29) is 0 Å². The highest BCUT2D eigenvalue weighted by Crippen LogP contribution is 2.35. The first-order valence-electron chi connectivity index (χ1n) is 9.22. The van der Waals surface area contributed by atoms with Crippen molar-refractivity contribution in [1.29, 1.82) is 0 Å². The fraction of sp³-hybridized carbons (Fsp3) is 0.0769. The smallest absolute Gasteiger partial charge is 0.00992 e. The van der Waals surface area contributed by atoms with E-state index in [4.69, 9.17) is 0 Å². The van der Waals surface area contributed by atoms with Crippen molar-refractivity contribution in [2.24, 2.45) is 0 Å². The quantitative estimate of drug-likeness (QED) is 0.359. The third-order valence-electron chi connectivity index (χ3n) is 4.30. The van der Waals surface area contributed by atoms with Gasteiger partial charge in [0, 0.05) is 0 Å². The van der Waals surface area contributed by atoms with Crippen LogP contribution >= 0.6 is 0 Å². The Morgan fingerprint density at radius 1 is 0.346 bits per heavy atom. The van der Waals surface area contributed by atoms with Gasteiger partial charge in [0.05, 0.1) is 0 Å². The van der Waals surface area contributed by atoms with E-state index in [1.807, 2.05) is 13.8 Å². The van der Waals surface area contributed by atoms with Gasteiger partial charge < -0.3 is 0 Å². The zero-order chi connectivity index (χ0) is 18.2. The standard InChI is InChI=1S/C24H18.C2H6/c1-4-10-19(11-5-1)22-16-17-23(20-12-6-2-7-13-20)24(18-22)21-14-8-3-9-15-21;1-2/h1-18H;1-2H3. The van der Waals surface area contributed by atoms with Crippen LogP contribution in [0, 0.1) is 0 Å². The minimum atomic E-state index is 1.24. The number of hydrogen-bond acceptors (Lipinski definition) is 0. The lowest BCUT2D eigenvalue weighted by molar-refractivity contribution is 1.50. The molecule has 4 aromatic rings. The van der Waals surface area contributed by atoms with E-state index in [1.54, 1.807) is 0 Å². The van der Waals surface area contributed by atoms with E-state index >= 15 is 0 Å². The second-order valence-corrected chi connectivity index (χ2v) is 5.86. The van der Waals surface area contributed by atoms with E-state index < -0.39 is 0 Å². The van der Waals surface area contributed by atoms with Crippen LogP contribution in [0.15, 0.2) is 109 Å². The van der Waals surface area contributed by atoms with Crippen molar-refractivity contribution in [3.63, 3.8) is 0 Å². The molecular formula is C26H24. The van der Waals surface area contributed by atoms with Crippen molar-refractivity contribution in [2.45, 2.75) is 13.8 Å². The molecule has 0 saturated heterocycles. The van der Waals surface area contributed by atoms with E-state index in [2.05, 4.69) is 109 Å². The van der Waals surface area contributed by atoms with Gasteiger partial charge in [-0.25, -0.2) is 0 Å². The first kappa shape index (κ1) is 17.7. The summed E-state index contributed by atoms with van der Waals surface area (Å²) >= 11 is 0. The summed E-state index contributed by atoms with van der Waals surface area (Å²) in [6.45, 7) is 4.00. The van der Waals surface area contributed by atoms with Gasteiger partial charge in [-0.1, -0.05) is 117 Å². The molecule has 128 valence electrons. The van der Waals surface area contributed by atoms with Gasteiger partial charge in [-0.15, -0.1) is 0 Å². The average molecular weight is 336 g/mol. The van der Waals surface area contributed by atoms with E-state index in [0.717, 1.165) is 0 Å². The Hall–Kier alpha value is -3.12. The Labute approximate surface area is 156 Å². The fourth-order valence-corrected chi connectivity index (χ4v) is 3.08. The molecule has 0 heterocycles. The van der Waals surface area contributed by atoms with Crippen molar-refractivity contribution in [3.8, 4) is 33.4 Å². The highest BCUT2D eigenvalue weighted by Gasteiger charge is 2.09. The maximum atomic E-state index is 2.30. The molecule has 0 atom stereocenters. The highest BCUT2D eigenvalue weighted by atomic mass is 14.1. The average Bonchev–Trinajstić information content (AvgIpc) is 2.77. The van der Waals surface area contributed by atoms with Crippen molar-refractivity contribution < 1.29 is 0 Å². The van der Waals surface area contributed by atoms with Gasteiger partial charge in [0.15, 0.2) is 0 Å². The second-order valence-electron chi connectivity index (χ2n) is 5.86. The second kappa shape index (κ2) is 8.82. The lowest BCUT2D eigenvalue weighted by atomic mass is 9.91. The highest BCUT2D eigenvalue weighted by molar-refractivity contribution is 5.87. The molecule has 0 N–H and O–H groups in total. The maximum absolute atomic E-state index is 2.30. The minimum absolute atomic E-state index is 1.24. The Bertz CT molecular complexity index is 923. The van der Waals surface area contributed by atoms with E-state index in [9.17, 15) is 0 Å². The molecule has 0 saturated carbocycles.